The zero-order valence-corrected chi connectivity index (χ0v) is 60.7. The molecule has 1 saturated heterocycles. The summed E-state index contributed by atoms with van der Waals surface area (Å²) in [7, 11) is 0. The molecule has 1 rings (SSSR count). The van der Waals surface area contributed by atoms with E-state index in [1.807, 2.05) is 6.08 Å². The Morgan fingerprint density at radius 3 is 1.02 bits per heavy atom. The quantitative estimate of drug-likeness (QED) is 0.0261. The van der Waals surface area contributed by atoms with Crippen molar-refractivity contribution in [3.05, 3.63) is 134 Å². The molecule has 1 heterocycles. The van der Waals surface area contributed by atoms with Gasteiger partial charge < -0.3 is 40.3 Å². The van der Waals surface area contributed by atoms with Gasteiger partial charge in [-0.15, -0.1) is 0 Å². The van der Waals surface area contributed by atoms with E-state index in [1.165, 1.54) is 225 Å². The SMILES string of the molecule is CC/C=C\C/C=C\C/C=C\C/C=C\C/C=C\C/C=C\C/C=C\C/C=C\CCCCCCCCCCCCCCCCC(=O)NC(COC1OC(CO)C(O)C(O)C1O)C(O)/C=C/CC/C=C/CC/C=C/CCCCCCCCCCCCCCCCCCCCCCCC. The van der Waals surface area contributed by atoms with Gasteiger partial charge in [0, 0.05) is 6.42 Å². The predicted molar refractivity (Wildman–Crippen MR) is 405 cm³/mol. The number of aliphatic hydroxyl groups excluding tert-OH is 5. The molecule has 1 amide bonds. The van der Waals surface area contributed by atoms with Gasteiger partial charge in [0.1, 0.15) is 24.4 Å². The summed E-state index contributed by atoms with van der Waals surface area (Å²) >= 11 is 0. The van der Waals surface area contributed by atoms with E-state index in [-0.39, 0.29) is 12.5 Å². The molecule has 1 fully saturated rings. The highest BCUT2D eigenvalue weighted by Gasteiger charge is 2.44. The first kappa shape index (κ1) is 88.3. The largest absolute Gasteiger partial charge is 0.394 e. The monoisotopic (exact) mass is 1310 g/mol. The van der Waals surface area contributed by atoms with Crippen LogP contribution in [0.3, 0.4) is 0 Å². The van der Waals surface area contributed by atoms with Gasteiger partial charge in [-0.25, -0.2) is 0 Å². The molecule has 1 aliphatic rings. The third-order valence-corrected chi connectivity index (χ3v) is 17.9. The van der Waals surface area contributed by atoms with Crippen LogP contribution in [0.25, 0.3) is 0 Å². The van der Waals surface area contributed by atoms with Crippen molar-refractivity contribution >= 4 is 5.91 Å². The van der Waals surface area contributed by atoms with Crippen molar-refractivity contribution in [1.82, 2.24) is 5.32 Å². The fraction of sp³-hybridized carbons (Fsp3) is 0.729. The predicted octanol–water partition coefficient (Wildman–Crippen LogP) is 22.7. The minimum absolute atomic E-state index is 0.193. The number of carbonyl (C=O) groups is 1. The highest BCUT2D eigenvalue weighted by atomic mass is 16.7. The van der Waals surface area contributed by atoms with E-state index in [1.54, 1.807) is 6.08 Å². The summed E-state index contributed by atoms with van der Waals surface area (Å²) in [4.78, 5) is 13.2. The normalized spacial score (nSPS) is 18.3. The lowest BCUT2D eigenvalue weighted by Crippen LogP contribution is -2.60. The highest BCUT2D eigenvalue weighted by molar-refractivity contribution is 5.76. The number of ether oxygens (including phenoxy) is 2. The lowest BCUT2D eigenvalue weighted by atomic mass is 9.99. The maximum Gasteiger partial charge on any atom is 0.220 e. The molecule has 0 aliphatic carbocycles. The first-order valence-corrected chi connectivity index (χ1v) is 39.4. The van der Waals surface area contributed by atoms with Crippen molar-refractivity contribution < 1.29 is 39.8 Å². The summed E-state index contributed by atoms with van der Waals surface area (Å²) in [5.74, 6) is -0.193. The number of hydrogen-bond acceptors (Lipinski definition) is 8. The second-order valence-electron chi connectivity index (χ2n) is 26.8. The average molecular weight is 1310 g/mol. The summed E-state index contributed by atoms with van der Waals surface area (Å²) in [6.45, 7) is 3.67. The van der Waals surface area contributed by atoms with Crippen molar-refractivity contribution in [2.45, 2.75) is 384 Å². The fourth-order valence-electron chi connectivity index (χ4n) is 11.9. The third kappa shape index (κ3) is 59.6. The van der Waals surface area contributed by atoms with Crippen molar-refractivity contribution in [1.29, 1.82) is 0 Å². The van der Waals surface area contributed by atoms with Crippen LogP contribution >= 0.6 is 0 Å². The molecule has 9 heteroatoms. The van der Waals surface area contributed by atoms with Gasteiger partial charge in [-0.3, -0.25) is 4.79 Å². The van der Waals surface area contributed by atoms with Gasteiger partial charge in [0.15, 0.2) is 6.29 Å². The molecule has 1 aliphatic heterocycles. The number of nitrogens with one attached hydrogen (secondary N) is 1. The zero-order valence-electron chi connectivity index (χ0n) is 60.7. The standard InChI is InChI=1S/C85H147NO8/c1-3-5-7-9-11-13-15-17-19-21-23-25-27-29-31-33-35-37-38-39-40-41-42-43-45-47-49-51-53-55-57-59-61-63-65-67-69-71-73-75-81(89)86-78(77-93-85-84(92)83(91)82(90)80(76-87)94-85)79(88)74-72-70-68-66-64-62-60-58-56-54-52-50-48-46-44-36-34-32-30-28-26-24-22-20-18-16-14-12-10-8-6-4-2/h5,7,11,13,17,19,23,25,29,31,35,37,39-40,42-43,56,58,64,66,72,74,78-80,82-85,87-88,90-92H,3-4,6,8-10,12,14-16,18,20-22,24,26-28,30,32-34,36,38,41,44-55,57,59-63,65,67-71,73,75-77H2,1-2H3,(H,86,89)/b7-5-,13-11-,19-17-,25-23-,31-29-,37-35-,40-39-,43-42-,58-56+,66-64+,74-72+. The van der Waals surface area contributed by atoms with Crippen molar-refractivity contribution in [3.8, 4) is 0 Å². The Hall–Kier alpha value is -3.67. The van der Waals surface area contributed by atoms with Crippen LogP contribution in [0.1, 0.15) is 341 Å². The lowest BCUT2D eigenvalue weighted by molar-refractivity contribution is -0.302. The van der Waals surface area contributed by atoms with E-state index >= 15 is 0 Å². The van der Waals surface area contributed by atoms with Crippen LogP contribution in [0.15, 0.2) is 134 Å². The van der Waals surface area contributed by atoms with Crippen LogP contribution in [0, 0.1) is 0 Å². The van der Waals surface area contributed by atoms with Crippen LogP contribution in [-0.2, 0) is 14.3 Å². The molecule has 0 spiro atoms. The molecule has 7 atom stereocenters. The number of unbranched alkanes of at least 4 members (excludes halogenated alkanes) is 38. The minimum Gasteiger partial charge on any atom is -0.394 e. The van der Waals surface area contributed by atoms with Gasteiger partial charge in [0.05, 0.1) is 25.4 Å². The second-order valence-corrected chi connectivity index (χ2v) is 26.8. The zero-order chi connectivity index (χ0) is 67.8. The van der Waals surface area contributed by atoms with E-state index in [0.29, 0.717) is 6.42 Å². The third-order valence-electron chi connectivity index (χ3n) is 17.9. The van der Waals surface area contributed by atoms with E-state index in [0.717, 1.165) is 96.3 Å². The fourth-order valence-corrected chi connectivity index (χ4v) is 11.9. The van der Waals surface area contributed by atoms with Gasteiger partial charge in [0.25, 0.3) is 0 Å². The number of amides is 1. The Kier molecular flexibility index (Phi) is 67.7. The molecular formula is C85H147NO8. The van der Waals surface area contributed by atoms with E-state index in [2.05, 4.69) is 141 Å². The average Bonchev–Trinajstić information content (AvgIpc) is 0.829. The summed E-state index contributed by atoms with van der Waals surface area (Å²) in [6.07, 6.45) is 103. The molecule has 0 radical (unpaired) electrons. The molecule has 94 heavy (non-hydrogen) atoms. The number of rotatable bonds is 68. The molecular weight excluding hydrogens is 1160 g/mol. The van der Waals surface area contributed by atoms with Gasteiger partial charge in [-0.2, -0.15) is 0 Å². The summed E-state index contributed by atoms with van der Waals surface area (Å²) in [5, 5.41) is 54.9. The molecule has 0 aromatic rings. The van der Waals surface area contributed by atoms with Crippen LogP contribution in [0.5, 0.6) is 0 Å². The molecule has 0 aromatic heterocycles. The Bertz CT molecular complexity index is 1960. The van der Waals surface area contributed by atoms with Gasteiger partial charge >= 0.3 is 0 Å². The molecule has 0 bridgehead atoms. The minimum atomic E-state index is -1.58. The van der Waals surface area contributed by atoms with Gasteiger partial charge in [-0.1, -0.05) is 359 Å². The van der Waals surface area contributed by atoms with Crippen LogP contribution < -0.4 is 5.32 Å². The van der Waals surface area contributed by atoms with E-state index in [9.17, 15) is 30.3 Å². The second kappa shape index (κ2) is 72.1. The maximum absolute atomic E-state index is 13.2. The molecule has 6 N–H and O–H groups in total. The number of aliphatic hydroxyl groups is 5. The van der Waals surface area contributed by atoms with Crippen molar-refractivity contribution in [3.63, 3.8) is 0 Å². The van der Waals surface area contributed by atoms with Gasteiger partial charge in [-0.05, 0) is 109 Å². The van der Waals surface area contributed by atoms with Crippen LogP contribution in [-0.4, -0.2) is 87.5 Å². The molecule has 0 saturated carbocycles. The van der Waals surface area contributed by atoms with E-state index in [4.69, 9.17) is 9.47 Å². The molecule has 9 nitrogen and oxygen atoms in total. The summed E-state index contributed by atoms with van der Waals surface area (Å²) in [6, 6.07) is -0.839. The van der Waals surface area contributed by atoms with E-state index < -0.39 is 49.5 Å². The van der Waals surface area contributed by atoms with Crippen molar-refractivity contribution in [2.75, 3.05) is 13.2 Å². The maximum atomic E-state index is 13.2. The summed E-state index contributed by atoms with van der Waals surface area (Å²) in [5.41, 5.74) is 0. The molecule has 540 valence electrons. The Morgan fingerprint density at radius 1 is 0.372 bits per heavy atom. The number of allylic oxidation sites excluding steroid dienone is 21. The Balaban J connectivity index is 2.13. The van der Waals surface area contributed by atoms with Gasteiger partial charge in [0.2, 0.25) is 5.91 Å². The molecule has 7 unspecified atom stereocenters. The smallest absolute Gasteiger partial charge is 0.220 e. The molecule has 0 aromatic carbocycles. The lowest BCUT2D eigenvalue weighted by Gasteiger charge is -2.40. The Morgan fingerprint density at radius 2 is 0.670 bits per heavy atom. The highest BCUT2D eigenvalue weighted by Crippen LogP contribution is 2.23. The van der Waals surface area contributed by atoms with Crippen molar-refractivity contribution in [2.24, 2.45) is 0 Å². The topological polar surface area (TPSA) is 149 Å². The number of hydrogen-bond donors (Lipinski definition) is 6. The Labute approximate surface area is 579 Å². The first-order valence-electron chi connectivity index (χ1n) is 39.4. The van der Waals surface area contributed by atoms with Crippen LogP contribution in [0.2, 0.25) is 0 Å². The first-order chi connectivity index (χ1) is 46.3. The number of carbonyl (C=O) groups excluding carboxylic acids is 1. The summed E-state index contributed by atoms with van der Waals surface area (Å²) < 4.78 is 11.3. The van der Waals surface area contributed by atoms with Crippen LogP contribution in [0.4, 0.5) is 0 Å².